The Balaban J connectivity index is 1.72. The highest BCUT2D eigenvalue weighted by atomic mass is 32.1. The first-order valence-electron chi connectivity index (χ1n) is 8.05. The Labute approximate surface area is 154 Å². The number of ether oxygens (including phenoxy) is 1. The zero-order valence-corrected chi connectivity index (χ0v) is 14.9. The molecule has 0 spiro atoms. The van der Waals surface area contributed by atoms with E-state index in [0.29, 0.717) is 29.8 Å². The monoisotopic (exact) mass is 371 g/mol. The first-order chi connectivity index (χ1) is 12.6. The van der Waals surface area contributed by atoms with E-state index in [1.165, 1.54) is 37.0 Å². The van der Waals surface area contributed by atoms with E-state index in [-0.39, 0.29) is 12.0 Å². The van der Waals surface area contributed by atoms with E-state index in [0.717, 1.165) is 16.0 Å². The summed E-state index contributed by atoms with van der Waals surface area (Å²) in [5, 5.41) is 15.2. The van der Waals surface area contributed by atoms with Crippen molar-refractivity contribution in [1.82, 2.24) is 5.32 Å². The Kier molecular flexibility index (Phi) is 5.39. The predicted octanol–water partition coefficient (Wildman–Crippen LogP) is 3.08. The molecule has 7 nitrogen and oxygen atoms in total. The molecule has 26 heavy (non-hydrogen) atoms. The van der Waals surface area contributed by atoms with Crippen LogP contribution in [0, 0.1) is 11.3 Å². The number of hydrogen-bond donors (Lipinski definition) is 2. The Morgan fingerprint density at radius 3 is 3.04 bits per heavy atom. The third kappa shape index (κ3) is 3.95. The molecule has 134 valence electrons. The van der Waals surface area contributed by atoms with Gasteiger partial charge in [-0.2, -0.15) is 5.26 Å². The van der Waals surface area contributed by atoms with Crippen molar-refractivity contribution in [3.8, 4) is 6.07 Å². The third-order valence-electron chi connectivity index (χ3n) is 4.02. The highest BCUT2D eigenvalue weighted by Gasteiger charge is 2.28. The summed E-state index contributed by atoms with van der Waals surface area (Å²) in [6.45, 7) is 0. The molecule has 2 heterocycles. The Bertz CT molecular complexity index is 877. The number of furan rings is 1. The fraction of sp³-hybridized carbons (Fsp3) is 0.278. The van der Waals surface area contributed by atoms with Crippen LogP contribution in [0.1, 0.15) is 28.0 Å². The van der Waals surface area contributed by atoms with Crippen LogP contribution in [0.3, 0.4) is 0 Å². The molecule has 1 aliphatic carbocycles. The summed E-state index contributed by atoms with van der Waals surface area (Å²) in [4.78, 5) is 24.5. The van der Waals surface area contributed by atoms with E-state index >= 15 is 0 Å². The van der Waals surface area contributed by atoms with Crippen LogP contribution in [-0.2, 0) is 22.4 Å². The number of anilines is 1. The van der Waals surface area contributed by atoms with Gasteiger partial charge in [0.15, 0.2) is 0 Å². The normalized spacial score (nSPS) is 15.9. The highest BCUT2D eigenvalue weighted by molar-refractivity contribution is 7.16. The molecule has 2 aromatic heterocycles. The van der Waals surface area contributed by atoms with E-state index in [1.807, 2.05) is 0 Å². The third-order valence-corrected chi connectivity index (χ3v) is 5.19. The van der Waals surface area contributed by atoms with Crippen molar-refractivity contribution >= 4 is 34.4 Å². The van der Waals surface area contributed by atoms with Crippen LogP contribution in [0.5, 0.6) is 0 Å². The van der Waals surface area contributed by atoms with E-state index in [4.69, 9.17) is 9.15 Å². The molecule has 0 radical (unpaired) electrons. The van der Waals surface area contributed by atoms with Crippen molar-refractivity contribution in [2.45, 2.75) is 25.4 Å². The number of amides is 2. The molecular formula is C18H17N3O4S. The van der Waals surface area contributed by atoms with Crippen LogP contribution in [0.15, 0.2) is 29.1 Å². The molecule has 1 atom stereocenters. The lowest BCUT2D eigenvalue weighted by Gasteiger charge is -2.22. The summed E-state index contributed by atoms with van der Waals surface area (Å²) in [6, 6.07) is 3.92. The molecule has 0 aliphatic heterocycles. The van der Waals surface area contributed by atoms with Crippen LogP contribution >= 0.6 is 11.3 Å². The second-order valence-electron chi connectivity index (χ2n) is 5.72. The molecule has 1 aliphatic rings. The van der Waals surface area contributed by atoms with Gasteiger partial charge in [0.05, 0.1) is 18.1 Å². The molecule has 2 aromatic rings. The number of nitrogens with zero attached hydrogens (tertiary/aromatic N) is 1. The standard InChI is InChI=1S/C18H17N3O4S/c1-20-18(23)25-12-3-4-13-14(9-19)17(26-15(13)8-12)21-16(22)5-2-11-6-7-24-10-11/h2,5-7,10,12H,3-4,8H2,1H3,(H,20,23)(H,21,22)/b5-2+. The van der Waals surface area contributed by atoms with Gasteiger partial charge in [-0.25, -0.2) is 4.79 Å². The molecule has 2 amide bonds. The van der Waals surface area contributed by atoms with Crippen molar-refractivity contribution in [2.75, 3.05) is 12.4 Å². The van der Waals surface area contributed by atoms with Gasteiger partial charge in [0.2, 0.25) is 5.91 Å². The lowest BCUT2D eigenvalue weighted by atomic mass is 9.94. The lowest BCUT2D eigenvalue weighted by molar-refractivity contribution is -0.111. The maximum absolute atomic E-state index is 12.1. The summed E-state index contributed by atoms with van der Waals surface area (Å²) in [6.07, 6.45) is 7.22. The number of fused-ring (bicyclic) bond motifs is 1. The fourth-order valence-electron chi connectivity index (χ4n) is 2.77. The number of nitrogens with one attached hydrogen (secondary N) is 2. The van der Waals surface area contributed by atoms with Crippen molar-refractivity contribution in [3.63, 3.8) is 0 Å². The van der Waals surface area contributed by atoms with E-state index < -0.39 is 6.09 Å². The highest BCUT2D eigenvalue weighted by Crippen LogP contribution is 2.38. The van der Waals surface area contributed by atoms with Gasteiger partial charge >= 0.3 is 6.09 Å². The van der Waals surface area contributed by atoms with Gasteiger partial charge in [0.1, 0.15) is 17.2 Å². The van der Waals surface area contributed by atoms with Crippen molar-refractivity contribution < 1.29 is 18.7 Å². The van der Waals surface area contributed by atoms with Gasteiger partial charge in [0, 0.05) is 30.0 Å². The zero-order chi connectivity index (χ0) is 18.5. The number of thiophene rings is 1. The first-order valence-corrected chi connectivity index (χ1v) is 8.86. The Morgan fingerprint density at radius 1 is 1.50 bits per heavy atom. The Hall–Kier alpha value is -3.05. The summed E-state index contributed by atoms with van der Waals surface area (Å²) >= 11 is 1.36. The number of nitriles is 1. The van der Waals surface area contributed by atoms with Gasteiger partial charge in [-0.1, -0.05) is 0 Å². The van der Waals surface area contributed by atoms with E-state index in [9.17, 15) is 14.9 Å². The summed E-state index contributed by atoms with van der Waals surface area (Å²) in [5.41, 5.74) is 2.21. The zero-order valence-electron chi connectivity index (χ0n) is 14.1. The number of carbonyl (C=O) groups excluding carboxylic acids is 2. The second-order valence-corrected chi connectivity index (χ2v) is 6.82. The smallest absolute Gasteiger partial charge is 0.407 e. The predicted molar refractivity (Wildman–Crippen MR) is 96.8 cm³/mol. The van der Waals surface area contributed by atoms with Gasteiger partial charge < -0.3 is 19.8 Å². The van der Waals surface area contributed by atoms with Gasteiger partial charge in [-0.05, 0) is 30.5 Å². The summed E-state index contributed by atoms with van der Waals surface area (Å²) < 4.78 is 10.2. The molecule has 0 aromatic carbocycles. The minimum Gasteiger partial charge on any atom is -0.472 e. The van der Waals surface area contributed by atoms with Crippen molar-refractivity contribution in [1.29, 1.82) is 5.26 Å². The molecule has 1 unspecified atom stereocenters. The van der Waals surface area contributed by atoms with Crippen LogP contribution in [0.2, 0.25) is 0 Å². The molecule has 0 fully saturated rings. The van der Waals surface area contributed by atoms with Crippen LogP contribution < -0.4 is 10.6 Å². The average molecular weight is 371 g/mol. The maximum atomic E-state index is 12.1. The molecule has 0 saturated carbocycles. The Morgan fingerprint density at radius 2 is 2.35 bits per heavy atom. The SMILES string of the molecule is CNC(=O)OC1CCc2c(sc(NC(=O)/C=C/c3ccoc3)c2C#N)C1. The molecule has 0 saturated heterocycles. The van der Waals surface area contributed by atoms with Crippen molar-refractivity contribution in [3.05, 3.63) is 46.2 Å². The quantitative estimate of drug-likeness (QED) is 0.804. The fourth-order valence-corrected chi connectivity index (χ4v) is 4.03. The van der Waals surface area contributed by atoms with Crippen LogP contribution in [0.25, 0.3) is 6.08 Å². The van der Waals surface area contributed by atoms with Crippen LogP contribution in [0.4, 0.5) is 9.80 Å². The van der Waals surface area contributed by atoms with Gasteiger partial charge in [-0.15, -0.1) is 11.3 Å². The van der Waals surface area contributed by atoms with Crippen LogP contribution in [-0.4, -0.2) is 25.2 Å². The number of rotatable bonds is 4. The molecule has 3 rings (SSSR count). The minimum atomic E-state index is -0.464. The molecule has 8 heteroatoms. The number of alkyl carbamates (subject to hydrolysis) is 1. The van der Waals surface area contributed by atoms with E-state index in [2.05, 4.69) is 16.7 Å². The van der Waals surface area contributed by atoms with Gasteiger partial charge in [0.25, 0.3) is 0 Å². The second kappa shape index (κ2) is 7.89. The molecule has 0 bridgehead atoms. The number of carbonyl (C=O) groups is 2. The topological polar surface area (TPSA) is 104 Å². The summed E-state index contributed by atoms with van der Waals surface area (Å²) in [7, 11) is 1.51. The molecular weight excluding hydrogens is 354 g/mol. The lowest BCUT2D eigenvalue weighted by Crippen LogP contribution is -2.29. The van der Waals surface area contributed by atoms with Gasteiger partial charge in [-0.3, -0.25) is 4.79 Å². The summed E-state index contributed by atoms with van der Waals surface area (Å²) in [5.74, 6) is -0.320. The first kappa shape index (κ1) is 17.8. The van der Waals surface area contributed by atoms with E-state index in [1.54, 1.807) is 12.1 Å². The molecule has 2 N–H and O–H groups in total. The number of hydrogen-bond acceptors (Lipinski definition) is 6. The average Bonchev–Trinajstić information content (AvgIpc) is 3.26. The van der Waals surface area contributed by atoms with Crippen molar-refractivity contribution in [2.24, 2.45) is 0 Å². The minimum absolute atomic E-state index is 0.225. The maximum Gasteiger partial charge on any atom is 0.407 e. The largest absolute Gasteiger partial charge is 0.472 e.